The zero-order valence-corrected chi connectivity index (χ0v) is 13.6. The van der Waals surface area contributed by atoms with Crippen LogP contribution in [-0.4, -0.2) is 33.4 Å². The van der Waals surface area contributed by atoms with Gasteiger partial charge in [-0.2, -0.15) is 0 Å². The van der Waals surface area contributed by atoms with Gasteiger partial charge in [0, 0.05) is 0 Å². The van der Waals surface area contributed by atoms with Crippen molar-refractivity contribution in [3.8, 4) is 0 Å². The Balaban J connectivity index is 2.37. The van der Waals surface area contributed by atoms with E-state index in [0.29, 0.717) is 0 Å². The Morgan fingerprint density at radius 3 is 2.93 bits per heavy atom. The minimum atomic E-state index is 0.757. The maximum absolute atomic E-state index is 4.51. The van der Waals surface area contributed by atoms with Gasteiger partial charge in [-0.25, -0.2) is 0 Å². The van der Waals surface area contributed by atoms with Crippen LogP contribution in [0.15, 0.2) is 22.9 Å². The molecule has 1 aliphatic carbocycles. The van der Waals surface area contributed by atoms with Gasteiger partial charge in [0.05, 0.1) is 0 Å². The van der Waals surface area contributed by atoms with Gasteiger partial charge in [0.25, 0.3) is 0 Å². The zero-order chi connectivity index (χ0) is 9.71. The number of fused-ring (bicyclic) bond motifs is 1. The summed E-state index contributed by atoms with van der Waals surface area (Å²) in [6.45, 7) is 0. The molecule has 0 saturated heterocycles. The number of nitrogens with zero attached hydrogens (tertiary/aromatic N) is 2. The average molecular weight is 440 g/mol. The molecule has 1 aromatic carbocycles. The summed E-state index contributed by atoms with van der Waals surface area (Å²) < 4.78 is 3.48. The fourth-order valence-corrected chi connectivity index (χ4v) is 3.57. The Hall–Kier alpha value is 0.0921. The van der Waals surface area contributed by atoms with Crippen LogP contribution in [0.1, 0.15) is 24.3 Å². The Labute approximate surface area is 107 Å². The van der Waals surface area contributed by atoms with Crippen LogP contribution in [0.25, 0.3) is 11.0 Å². The SMILES string of the molecule is Brc1ccc2c(nc[n]2[Tl])c1C1CC1. The number of hydrogen-bond acceptors (Lipinski definition) is 1. The molecule has 4 heteroatoms. The molecule has 68 valence electrons. The summed E-state index contributed by atoms with van der Waals surface area (Å²) >= 11 is 4.44. The molecule has 0 bridgehead atoms. The van der Waals surface area contributed by atoms with Crippen molar-refractivity contribution >= 4 is 53.0 Å². The molecule has 0 amide bonds. The molecule has 0 radical (unpaired) electrons. The van der Waals surface area contributed by atoms with E-state index >= 15 is 0 Å². The van der Waals surface area contributed by atoms with Gasteiger partial charge in [0.15, 0.2) is 0 Å². The molecule has 2 nitrogen and oxygen atoms in total. The normalized spacial score (nSPS) is 16.3. The van der Waals surface area contributed by atoms with Crippen LogP contribution in [0.5, 0.6) is 0 Å². The number of hydrogen-bond donors (Lipinski definition) is 0. The third-order valence-corrected chi connectivity index (χ3v) is 5.01. The zero-order valence-electron chi connectivity index (χ0n) is 7.57. The third kappa shape index (κ3) is 1.36. The first-order valence-electron chi connectivity index (χ1n) is 4.68. The summed E-state index contributed by atoms with van der Waals surface area (Å²) in [5.41, 5.74) is 3.95. The first-order valence-corrected chi connectivity index (χ1v) is 7.48. The average Bonchev–Trinajstić information content (AvgIpc) is 2.92. The quantitative estimate of drug-likeness (QED) is 0.624. The van der Waals surface area contributed by atoms with Crippen molar-refractivity contribution in [1.29, 1.82) is 0 Å². The van der Waals surface area contributed by atoms with Crippen molar-refractivity contribution in [2.24, 2.45) is 0 Å². The number of aromatic nitrogens is 2. The second-order valence-electron chi connectivity index (χ2n) is 3.75. The van der Waals surface area contributed by atoms with Crippen molar-refractivity contribution in [3.05, 3.63) is 28.5 Å². The summed E-state index contributed by atoms with van der Waals surface area (Å²) in [5.74, 6) is 0.757. The van der Waals surface area contributed by atoms with Crippen molar-refractivity contribution in [2.45, 2.75) is 18.8 Å². The second kappa shape index (κ2) is 3.30. The molecular weight excluding hydrogens is 432 g/mol. The van der Waals surface area contributed by atoms with Gasteiger partial charge in [-0.3, -0.25) is 0 Å². The minimum absolute atomic E-state index is 0.757. The molecular formula is C10H8BrN2Tl. The number of imidazole rings is 1. The first kappa shape index (κ1) is 9.33. The molecule has 0 atom stereocenters. The Morgan fingerprint density at radius 1 is 1.43 bits per heavy atom. The predicted molar refractivity (Wildman–Crippen MR) is 60.6 cm³/mol. The van der Waals surface area contributed by atoms with Gasteiger partial charge in [0.1, 0.15) is 0 Å². The standard InChI is InChI=1S/C10H8BrN2.Tl/c11-7-3-4-8-10(13-5-12-8)9(7)6-1-2-6;/h3-6H,1-2H2;/q-1;+1. The van der Waals surface area contributed by atoms with E-state index in [1.807, 2.05) is 6.33 Å². The Morgan fingerprint density at radius 2 is 2.21 bits per heavy atom. The van der Waals surface area contributed by atoms with E-state index in [0.717, 1.165) is 32.0 Å². The van der Waals surface area contributed by atoms with Crippen molar-refractivity contribution in [1.82, 2.24) is 7.36 Å². The van der Waals surface area contributed by atoms with E-state index in [4.69, 9.17) is 0 Å². The molecule has 0 N–H and O–H groups in total. The van der Waals surface area contributed by atoms with Crippen LogP contribution in [-0.2, 0) is 0 Å². The van der Waals surface area contributed by atoms with E-state index in [1.54, 1.807) is 0 Å². The van der Waals surface area contributed by atoms with Gasteiger partial charge < -0.3 is 0 Å². The third-order valence-electron chi connectivity index (χ3n) is 2.72. The molecule has 3 rings (SSSR count). The molecule has 2 aromatic rings. The monoisotopic (exact) mass is 440 g/mol. The van der Waals surface area contributed by atoms with Crippen molar-refractivity contribution in [3.63, 3.8) is 0 Å². The van der Waals surface area contributed by atoms with Gasteiger partial charge in [0.2, 0.25) is 0 Å². The van der Waals surface area contributed by atoms with E-state index in [2.05, 4.69) is 35.4 Å². The Kier molecular flexibility index (Phi) is 2.20. The number of halogens is 1. The van der Waals surface area contributed by atoms with Gasteiger partial charge in [-0.15, -0.1) is 0 Å². The summed E-state index contributed by atoms with van der Waals surface area (Å²) in [6, 6.07) is 4.33. The van der Waals surface area contributed by atoms with Gasteiger partial charge >= 0.3 is 108 Å². The molecule has 0 unspecified atom stereocenters. The van der Waals surface area contributed by atoms with Crippen LogP contribution in [0.3, 0.4) is 0 Å². The molecule has 1 fully saturated rings. The van der Waals surface area contributed by atoms with Crippen LogP contribution in [0, 0.1) is 0 Å². The van der Waals surface area contributed by atoms with E-state index in [9.17, 15) is 0 Å². The number of benzene rings is 1. The van der Waals surface area contributed by atoms with Crippen LogP contribution >= 0.6 is 15.9 Å². The Bertz CT molecular complexity index is 502. The maximum atomic E-state index is 4.51. The van der Waals surface area contributed by atoms with Crippen LogP contribution < -0.4 is 0 Å². The second-order valence-corrected chi connectivity index (χ2v) is 6.77. The van der Waals surface area contributed by atoms with E-state index < -0.39 is 0 Å². The predicted octanol–water partition coefficient (Wildman–Crippen LogP) is 2.61. The summed E-state index contributed by atoms with van der Waals surface area (Å²) in [5, 5.41) is 0. The molecule has 0 spiro atoms. The van der Waals surface area contributed by atoms with Crippen LogP contribution in [0.4, 0.5) is 0 Å². The summed E-state index contributed by atoms with van der Waals surface area (Å²) in [7, 11) is 0. The van der Waals surface area contributed by atoms with E-state index in [1.165, 1.54) is 33.9 Å². The molecule has 0 aliphatic heterocycles. The molecule has 1 aliphatic rings. The summed E-state index contributed by atoms with van der Waals surface area (Å²) in [4.78, 5) is 4.51. The molecule has 1 heterocycles. The molecule has 14 heavy (non-hydrogen) atoms. The fraction of sp³-hybridized carbons (Fsp3) is 0.300. The summed E-state index contributed by atoms with van der Waals surface area (Å²) in [6.07, 6.45) is 4.62. The van der Waals surface area contributed by atoms with Gasteiger partial charge in [-0.1, -0.05) is 0 Å². The molecule has 1 saturated carbocycles. The number of rotatable bonds is 1. The van der Waals surface area contributed by atoms with E-state index in [-0.39, 0.29) is 0 Å². The van der Waals surface area contributed by atoms with Crippen molar-refractivity contribution < 1.29 is 0 Å². The topological polar surface area (TPSA) is 17.8 Å². The van der Waals surface area contributed by atoms with Gasteiger partial charge in [-0.05, 0) is 0 Å². The van der Waals surface area contributed by atoms with Crippen molar-refractivity contribution in [2.75, 3.05) is 0 Å². The first-order chi connectivity index (χ1) is 6.77. The fourth-order valence-electron chi connectivity index (χ4n) is 1.86. The molecule has 1 aromatic heterocycles. The van der Waals surface area contributed by atoms with Crippen LogP contribution in [0.2, 0.25) is 0 Å².